The lowest BCUT2D eigenvalue weighted by atomic mass is 9.98. The van der Waals surface area contributed by atoms with Crippen LogP contribution in [0.5, 0.6) is 0 Å². The van der Waals surface area contributed by atoms with E-state index in [4.69, 9.17) is 15.0 Å². The van der Waals surface area contributed by atoms with Crippen molar-refractivity contribution in [3.8, 4) is 56.1 Å². The van der Waals surface area contributed by atoms with Crippen molar-refractivity contribution >= 4 is 60.7 Å². The molecule has 73 heavy (non-hydrogen) atoms. The van der Waals surface area contributed by atoms with E-state index in [0.29, 0.717) is 0 Å². The van der Waals surface area contributed by atoms with Crippen LogP contribution in [0.2, 0.25) is 0 Å². The van der Waals surface area contributed by atoms with E-state index in [2.05, 4.69) is 254 Å². The van der Waals surface area contributed by atoms with Gasteiger partial charge >= 0.3 is 0 Å². The molecule has 0 bridgehead atoms. The molecule has 348 valence electrons. The molecule has 5 aromatic heterocycles. The van der Waals surface area contributed by atoms with Crippen LogP contribution in [0.4, 0.5) is 17.1 Å². The van der Waals surface area contributed by atoms with E-state index >= 15 is 0 Å². The molecule has 6 nitrogen and oxygen atoms in total. The van der Waals surface area contributed by atoms with Crippen molar-refractivity contribution in [2.45, 2.75) is 27.7 Å². The van der Waals surface area contributed by atoms with Crippen LogP contribution in [0, 0.1) is 27.7 Å². The summed E-state index contributed by atoms with van der Waals surface area (Å²) < 4.78 is 4.82. The van der Waals surface area contributed by atoms with Gasteiger partial charge in [-0.2, -0.15) is 0 Å². The zero-order valence-electron chi connectivity index (χ0n) is 41.1. The maximum absolute atomic E-state index is 5.21. The summed E-state index contributed by atoms with van der Waals surface area (Å²) in [7, 11) is 0. The van der Waals surface area contributed by atoms with E-state index in [1.54, 1.807) is 0 Å². The highest BCUT2D eigenvalue weighted by Crippen LogP contribution is 2.45. The average molecular weight is 939 g/mol. The van der Waals surface area contributed by atoms with Crippen molar-refractivity contribution in [1.29, 1.82) is 0 Å². The minimum Gasteiger partial charge on any atom is -0.309 e. The Balaban J connectivity index is 1.13. The third kappa shape index (κ3) is 7.54. The summed E-state index contributed by atoms with van der Waals surface area (Å²) in [4.78, 5) is 17.9. The molecule has 0 atom stereocenters. The molecule has 8 aromatic carbocycles. The summed E-state index contributed by atoms with van der Waals surface area (Å²) >= 11 is 0. The molecule has 0 saturated carbocycles. The second kappa shape index (κ2) is 17.8. The Morgan fingerprint density at radius 1 is 0.342 bits per heavy atom. The van der Waals surface area contributed by atoms with Crippen molar-refractivity contribution < 1.29 is 0 Å². The number of benzene rings is 8. The van der Waals surface area contributed by atoms with Crippen molar-refractivity contribution in [3.63, 3.8) is 0 Å². The molecule has 13 rings (SSSR count). The highest BCUT2D eigenvalue weighted by molar-refractivity contribution is 6.10. The molecule has 6 heteroatoms. The molecule has 0 spiro atoms. The summed E-state index contributed by atoms with van der Waals surface area (Å²) in [6.07, 6.45) is 5.93. The number of hydrogen-bond donors (Lipinski definition) is 0. The normalized spacial score (nSPS) is 11.6. The van der Waals surface area contributed by atoms with Gasteiger partial charge in [0.1, 0.15) is 0 Å². The highest BCUT2D eigenvalue weighted by atomic mass is 15.2. The molecule has 5 heterocycles. The van der Waals surface area contributed by atoms with Gasteiger partial charge in [0.25, 0.3) is 0 Å². The number of aromatic nitrogens is 5. The largest absolute Gasteiger partial charge is 0.309 e. The average Bonchev–Trinajstić information content (AvgIpc) is 3.96. The Labute approximate surface area is 424 Å². The van der Waals surface area contributed by atoms with Crippen LogP contribution in [0.25, 0.3) is 99.8 Å². The summed E-state index contributed by atoms with van der Waals surface area (Å²) in [5, 5.41) is 4.80. The minimum absolute atomic E-state index is 0.880. The fourth-order valence-corrected chi connectivity index (χ4v) is 11.1. The Bertz CT molecular complexity index is 3880. The van der Waals surface area contributed by atoms with Gasteiger partial charge in [0.15, 0.2) is 0 Å². The molecule has 0 aliphatic rings. The van der Waals surface area contributed by atoms with Crippen LogP contribution in [-0.4, -0.2) is 24.1 Å². The van der Waals surface area contributed by atoms with Crippen LogP contribution in [0.15, 0.2) is 231 Å². The SMILES string of the molecule is Cc1cnc(-c2cc(N(c3cc(-c4cc(-c5ccccc5)c(C)cn4)cc(-n4c5ccccc5c5ccccc54)c3)c3c(C)ccnc3C)cc(-n3c4ccccc4c4ccccc43)c2)cc1-c1ccccc1. The van der Waals surface area contributed by atoms with Gasteiger partial charge in [0.2, 0.25) is 0 Å². The predicted molar refractivity (Wildman–Crippen MR) is 304 cm³/mol. The van der Waals surface area contributed by atoms with Crippen LogP contribution < -0.4 is 4.90 Å². The molecule has 0 fully saturated rings. The summed E-state index contributed by atoms with van der Waals surface area (Å²) in [5.74, 6) is 0. The minimum atomic E-state index is 0.880. The number of anilines is 3. The second-order valence-electron chi connectivity index (χ2n) is 19.1. The number of hydrogen-bond acceptors (Lipinski definition) is 4. The first-order chi connectivity index (χ1) is 35.9. The van der Waals surface area contributed by atoms with Gasteiger partial charge in [-0.1, -0.05) is 133 Å². The third-order valence-electron chi connectivity index (χ3n) is 14.5. The fourth-order valence-electron chi connectivity index (χ4n) is 11.1. The van der Waals surface area contributed by atoms with Gasteiger partial charge in [0.05, 0.1) is 44.8 Å². The van der Waals surface area contributed by atoms with Crippen LogP contribution in [0.1, 0.15) is 22.4 Å². The number of fused-ring (bicyclic) bond motifs is 6. The lowest BCUT2D eigenvalue weighted by molar-refractivity contribution is 1.11. The first-order valence-corrected chi connectivity index (χ1v) is 24.9. The van der Waals surface area contributed by atoms with Gasteiger partial charge < -0.3 is 14.0 Å². The van der Waals surface area contributed by atoms with Gasteiger partial charge in [-0.25, -0.2) is 0 Å². The summed E-state index contributed by atoms with van der Waals surface area (Å²) in [6.45, 7) is 8.59. The maximum atomic E-state index is 5.21. The number of pyridine rings is 3. The Kier molecular flexibility index (Phi) is 10.6. The smallest absolute Gasteiger partial charge is 0.0709 e. The number of rotatable bonds is 9. The van der Waals surface area contributed by atoms with Crippen molar-refractivity contribution in [2.24, 2.45) is 0 Å². The van der Waals surface area contributed by atoms with Gasteiger partial charge in [-0.05, 0) is 146 Å². The monoisotopic (exact) mass is 938 g/mol. The molecule has 0 amide bonds. The fraction of sp³-hybridized carbons (Fsp3) is 0.0597. The Morgan fingerprint density at radius 2 is 0.726 bits per heavy atom. The second-order valence-corrected chi connectivity index (χ2v) is 19.1. The molecular formula is C67H50N6. The Morgan fingerprint density at radius 3 is 1.12 bits per heavy atom. The van der Waals surface area contributed by atoms with Crippen LogP contribution in [0.3, 0.4) is 0 Å². The summed E-state index contributed by atoms with van der Waals surface area (Å²) in [5.41, 5.74) is 22.1. The molecule has 0 saturated heterocycles. The molecule has 0 N–H and O–H groups in total. The van der Waals surface area contributed by atoms with Crippen LogP contribution >= 0.6 is 0 Å². The van der Waals surface area contributed by atoms with E-state index in [-0.39, 0.29) is 0 Å². The van der Waals surface area contributed by atoms with Crippen LogP contribution in [-0.2, 0) is 0 Å². The topological polar surface area (TPSA) is 51.8 Å². The number of nitrogens with zero attached hydrogens (tertiary/aromatic N) is 6. The highest BCUT2D eigenvalue weighted by Gasteiger charge is 2.24. The van der Waals surface area contributed by atoms with E-state index in [1.165, 1.54) is 21.5 Å². The molecule has 0 radical (unpaired) electrons. The zero-order valence-corrected chi connectivity index (χ0v) is 41.1. The lowest BCUT2D eigenvalue weighted by Crippen LogP contribution is -2.15. The third-order valence-corrected chi connectivity index (χ3v) is 14.5. The summed E-state index contributed by atoms with van der Waals surface area (Å²) in [6, 6.07) is 76.6. The molecule has 0 aliphatic carbocycles. The van der Waals surface area contributed by atoms with E-state index < -0.39 is 0 Å². The first-order valence-electron chi connectivity index (χ1n) is 24.9. The standard InChI is InChI=1S/C67H50N6/c1-43-31-32-68-46(4)67(43)71(51-33-49(61-39-59(44(2)41-69-61)47-19-7-5-8-20-47)35-53(37-51)72-63-27-15-11-23-55(63)56-24-12-16-28-64(56)72)52-34-50(62-40-60(45(3)42-70-62)48-21-9-6-10-22-48)36-54(38-52)73-65-29-17-13-25-57(65)58-26-14-18-30-66(58)73/h5-42H,1-4H3. The van der Waals surface area contributed by atoms with E-state index in [9.17, 15) is 0 Å². The van der Waals surface area contributed by atoms with Crippen molar-refractivity contribution in [1.82, 2.24) is 24.1 Å². The van der Waals surface area contributed by atoms with Crippen molar-refractivity contribution in [2.75, 3.05) is 4.90 Å². The maximum Gasteiger partial charge on any atom is 0.0709 e. The molecule has 13 aromatic rings. The first kappa shape index (κ1) is 43.6. The lowest BCUT2D eigenvalue weighted by Gasteiger charge is -2.30. The number of aryl methyl sites for hydroxylation is 4. The van der Waals surface area contributed by atoms with Gasteiger partial charge in [-0.15, -0.1) is 0 Å². The predicted octanol–water partition coefficient (Wildman–Crippen LogP) is 17.4. The quantitative estimate of drug-likeness (QED) is 0.145. The van der Waals surface area contributed by atoms with Gasteiger partial charge in [0, 0.05) is 74.0 Å². The molecule has 0 unspecified atom stereocenters. The van der Waals surface area contributed by atoms with Gasteiger partial charge in [-0.3, -0.25) is 15.0 Å². The Hall–Kier alpha value is -9.39. The molecule has 0 aliphatic heterocycles. The number of para-hydroxylation sites is 4. The zero-order chi connectivity index (χ0) is 49.2. The van der Waals surface area contributed by atoms with E-state index in [1.807, 2.05) is 18.6 Å². The van der Waals surface area contributed by atoms with E-state index in [0.717, 1.165) is 118 Å². The van der Waals surface area contributed by atoms with Crippen molar-refractivity contribution in [3.05, 3.63) is 253 Å². The molecular weight excluding hydrogens is 889 g/mol.